The van der Waals surface area contributed by atoms with Gasteiger partial charge in [-0.15, -0.1) is 0 Å². The fourth-order valence-corrected chi connectivity index (χ4v) is 3.23. The third kappa shape index (κ3) is 2.33. The number of nitrogens with zero attached hydrogens (tertiary/aromatic N) is 2. The Balaban J connectivity index is 1.68. The topological polar surface area (TPSA) is 51.0 Å². The van der Waals surface area contributed by atoms with Crippen LogP contribution < -0.4 is 5.32 Å². The maximum Gasteiger partial charge on any atom is 0.302 e. The minimum absolute atomic E-state index is 0.474. The zero-order valence-electron chi connectivity index (χ0n) is 12.3. The number of hydrogen-bond donors (Lipinski definition) is 1. The summed E-state index contributed by atoms with van der Waals surface area (Å²) < 4.78 is 6.89. The maximum atomic E-state index is 5.75. The summed E-state index contributed by atoms with van der Waals surface area (Å²) in [6.45, 7) is 4.34. The number of nitrogens with one attached hydrogen (secondary N) is 1. The Bertz CT molecular complexity index is 922. The summed E-state index contributed by atoms with van der Waals surface area (Å²) in [6.07, 6.45) is 0. The van der Waals surface area contributed by atoms with E-state index in [4.69, 9.17) is 4.42 Å². The molecule has 0 aliphatic heterocycles. The number of hydrogen-bond acceptors (Lipinski definition) is 5. The van der Waals surface area contributed by atoms with Crippen molar-refractivity contribution in [2.45, 2.75) is 19.8 Å². The lowest BCUT2D eigenvalue weighted by molar-refractivity contribution is 0.623. The van der Waals surface area contributed by atoms with E-state index < -0.39 is 0 Å². The Labute approximate surface area is 131 Å². The van der Waals surface area contributed by atoms with Gasteiger partial charge in [-0.25, -0.2) is 4.98 Å². The number of anilines is 2. The highest BCUT2D eigenvalue weighted by Crippen LogP contribution is 2.29. The zero-order valence-corrected chi connectivity index (χ0v) is 13.1. The maximum absolute atomic E-state index is 5.75. The van der Waals surface area contributed by atoms with Gasteiger partial charge in [0.15, 0.2) is 10.7 Å². The van der Waals surface area contributed by atoms with Crippen molar-refractivity contribution in [1.82, 2.24) is 9.97 Å². The minimum Gasteiger partial charge on any atom is -0.423 e. The zero-order chi connectivity index (χ0) is 15.1. The number of benzene rings is 2. The van der Waals surface area contributed by atoms with Gasteiger partial charge in [-0.3, -0.25) is 5.32 Å². The van der Waals surface area contributed by atoms with E-state index in [1.54, 1.807) is 11.3 Å². The van der Waals surface area contributed by atoms with Crippen LogP contribution in [0.2, 0.25) is 0 Å². The van der Waals surface area contributed by atoms with Crippen LogP contribution in [0.1, 0.15) is 25.3 Å². The highest BCUT2D eigenvalue weighted by molar-refractivity contribution is 7.22. The second kappa shape index (κ2) is 5.10. The molecule has 110 valence electrons. The number of para-hydroxylation sites is 1. The molecular weight excluding hydrogens is 294 g/mol. The number of rotatable bonds is 3. The van der Waals surface area contributed by atoms with E-state index in [9.17, 15) is 0 Å². The van der Waals surface area contributed by atoms with Gasteiger partial charge in [0, 0.05) is 0 Å². The molecule has 0 radical (unpaired) electrons. The monoisotopic (exact) mass is 309 g/mol. The summed E-state index contributed by atoms with van der Waals surface area (Å²) in [5.74, 6) is 0.474. The highest BCUT2D eigenvalue weighted by Gasteiger charge is 2.10. The molecule has 0 saturated heterocycles. The van der Waals surface area contributed by atoms with Crippen molar-refractivity contribution in [1.29, 1.82) is 0 Å². The van der Waals surface area contributed by atoms with E-state index in [2.05, 4.69) is 47.3 Å². The molecule has 0 fully saturated rings. The van der Waals surface area contributed by atoms with Gasteiger partial charge in [-0.05, 0) is 35.7 Å². The van der Waals surface area contributed by atoms with Crippen LogP contribution in [-0.2, 0) is 0 Å². The molecule has 2 aromatic carbocycles. The van der Waals surface area contributed by atoms with Gasteiger partial charge in [0.1, 0.15) is 5.52 Å². The average Bonchev–Trinajstić information content (AvgIpc) is 3.08. The third-order valence-electron chi connectivity index (χ3n) is 3.59. The van der Waals surface area contributed by atoms with E-state index in [0.717, 1.165) is 26.4 Å². The first-order valence-electron chi connectivity index (χ1n) is 7.22. The van der Waals surface area contributed by atoms with E-state index in [1.807, 2.05) is 24.3 Å². The van der Waals surface area contributed by atoms with Crippen molar-refractivity contribution in [2.24, 2.45) is 0 Å². The van der Waals surface area contributed by atoms with Crippen molar-refractivity contribution < 1.29 is 4.42 Å². The van der Waals surface area contributed by atoms with Crippen LogP contribution in [0.25, 0.3) is 21.3 Å². The first kappa shape index (κ1) is 13.3. The lowest BCUT2D eigenvalue weighted by atomic mass is 10.0. The Morgan fingerprint density at radius 3 is 2.73 bits per heavy atom. The molecule has 4 rings (SSSR count). The van der Waals surface area contributed by atoms with Gasteiger partial charge in [0.25, 0.3) is 0 Å². The van der Waals surface area contributed by atoms with E-state index in [1.165, 1.54) is 5.56 Å². The van der Waals surface area contributed by atoms with Gasteiger partial charge < -0.3 is 4.42 Å². The molecule has 0 saturated carbocycles. The van der Waals surface area contributed by atoms with Gasteiger partial charge in [-0.1, -0.05) is 43.4 Å². The number of aromatic nitrogens is 2. The number of thiazole rings is 1. The van der Waals surface area contributed by atoms with Crippen molar-refractivity contribution in [3.8, 4) is 0 Å². The largest absolute Gasteiger partial charge is 0.423 e. The smallest absolute Gasteiger partial charge is 0.302 e. The van der Waals surface area contributed by atoms with Crippen LogP contribution in [0, 0.1) is 0 Å². The molecule has 2 aromatic heterocycles. The summed E-state index contributed by atoms with van der Waals surface area (Å²) in [7, 11) is 0. The van der Waals surface area contributed by atoms with Gasteiger partial charge in [-0.2, -0.15) is 4.98 Å². The van der Waals surface area contributed by atoms with Crippen molar-refractivity contribution >= 4 is 43.8 Å². The van der Waals surface area contributed by atoms with E-state index in [-0.39, 0.29) is 0 Å². The predicted octanol–water partition coefficient (Wildman–Crippen LogP) is 5.30. The summed E-state index contributed by atoms with van der Waals surface area (Å²) in [5, 5.41) is 3.95. The summed E-state index contributed by atoms with van der Waals surface area (Å²) in [4.78, 5) is 9.04. The standard InChI is InChI=1S/C17H15N3OS/c1-10(2)11-7-8-14-13(9-11)18-16(21-14)20-17-19-12-5-3-4-6-15(12)22-17/h3-10H,1-2H3,(H,18,19,20). The van der Waals surface area contributed by atoms with Crippen molar-refractivity contribution in [3.05, 3.63) is 48.0 Å². The molecule has 0 aliphatic carbocycles. The number of fused-ring (bicyclic) bond motifs is 2. The molecule has 4 aromatic rings. The average molecular weight is 309 g/mol. The molecule has 4 nitrogen and oxygen atoms in total. The molecule has 22 heavy (non-hydrogen) atoms. The number of oxazole rings is 1. The van der Waals surface area contributed by atoms with Crippen LogP contribution in [0.3, 0.4) is 0 Å². The van der Waals surface area contributed by atoms with Gasteiger partial charge in [0.2, 0.25) is 0 Å². The second-order valence-electron chi connectivity index (χ2n) is 5.51. The first-order valence-corrected chi connectivity index (χ1v) is 8.04. The molecule has 0 aliphatic rings. The molecule has 0 bridgehead atoms. The minimum atomic E-state index is 0.474. The van der Waals surface area contributed by atoms with Crippen molar-refractivity contribution in [2.75, 3.05) is 5.32 Å². The Morgan fingerprint density at radius 1 is 1.05 bits per heavy atom. The molecule has 1 N–H and O–H groups in total. The molecule has 0 amide bonds. The third-order valence-corrected chi connectivity index (χ3v) is 4.54. The molecule has 0 atom stereocenters. The van der Waals surface area contributed by atoms with Crippen molar-refractivity contribution in [3.63, 3.8) is 0 Å². The highest BCUT2D eigenvalue weighted by atomic mass is 32.1. The lowest BCUT2D eigenvalue weighted by Crippen LogP contribution is -1.88. The van der Waals surface area contributed by atoms with Crippen LogP contribution in [0.4, 0.5) is 11.1 Å². The predicted molar refractivity (Wildman–Crippen MR) is 91.0 cm³/mol. The van der Waals surface area contributed by atoms with Crippen LogP contribution in [-0.4, -0.2) is 9.97 Å². The summed E-state index contributed by atoms with van der Waals surface area (Å²) >= 11 is 1.59. The Kier molecular flexibility index (Phi) is 3.08. The van der Waals surface area contributed by atoms with E-state index in [0.29, 0.717) is 11.9 Å². The van der Waals surface area contributed by atoms with Gasteiger partial charge in [0.05, 0.1) is 10.2 Å². The van der Waals surface area contributed by atoms with E-state index >= 15 is 0 Å². The van der Waals surface area contributed by atoms with Crippen LogP contribution in [0.15, 0.2) is 46.9 Å². The summed E-state index contributed by atoms with van der Waals surface area (Å²) in [5.41, 5.74) is 3.89. The molecule has 5 heteroatoms. The van der Waals surface area contributed by atoms with Crippen LogP contribution >= 0.6 is 11.3 Å². The Hall–Kier alpha value is -2.40. The quantitative estimate of drug-likeness (QED) is 0.557. The lowest BCUT2D eigenvalue weighted by Gasteiger charge is -2.02. The molecular formula is C17H15N3OS. The molecule has 0 spiro atoms. The fourth-order valence-electron chi connectivity index (χ4n) is 2.37. The fraction of sp³-hybridized carbons (Fsp3) is 0.176. The second-order valence-corrected chi connectivity index (χ2v) is 6.54. The molecule has 2 heterocycles. The summed E-state index contributed by atoms with van der Waals surface area (Å²) in [6, 6.07) is 14.7. The normalized spacial score (nSPS) is 11.6. The van der Waals surface area contributed by atoms with Crippen LogP contribution in [0.5, 0.6) is 0 Å². The molecule has 0 unspecified atom stereocenters. The Morgan fingerprint density at radius 2 is 1.91 bits per heavy atom. The first-order chi connectivity index (χ1) is 10.7. The SMILES string of the molecule is CC(C)c1ccc2oc(Nc3nc4ccccc4s3)nc2c1. The van der Waals surface area contributed by atoms with Gasteiger partial charge >= 0.3 is 6.01 Å².